The maximum Gasteiger partial charge on any atom is 0.231 e. The van der Waals surface area contributed by atoms with Gasteiger partial charge in [0.2, 0.25) is 11.8 Å². The van der Waals surface area contributed by atoms with Crippen LogP contribution in [0.5, 0.6) is 5.88 Å². The summed E-state index contributed by atoms with van der Waals surface area (Å²) in [6, 6.07) is 4.21. The van der Waals surface area contributed by atoms with Gasteiger partial charge in [-0.2, -0.15) is 4.52 Å². The average Bonchev–Trinajstić information content (AvgIpc) is 3.12. The second-order valence-corrected chi connectivity index (χ2v) is 7.57. The Bertz CT molecular complexity index is 790. The molecule has 4 rings (SSSR count). The molecule has 4 heterocycles. The van der Waals surface area contributed by atoms with Gasteiger partial charge in [-0.15, -0.1) is 15.3 Å². The normalized spacial score (nSPS) is 23.1. The van der Waals surface area contributed by atoms with Crippen LogP contribution in [0.3, 0.4) is 0 Å². The number of carbonyl (C=O) groups excluding carboxylic acids is 1. The number of rotatable bonds is 6. The number of amides is 1. The second-order valence-electron chi connectivity index (χ2n) is 7.57. The van der Waals surface area contributed by atoms with Crippen molar-refractivity contribution in [1.82, 2.24) is 30.0 Å². The van der Waals surface area contributed by atoms with Crippen LogP contribution in [0, 0.1) is 5.92 Å². The van der Waals surface area contributed by atoms with Gasteiger partial charge in [0.15, 0.2) is 11.5 Å². The summed E-state index contributed by atoms with van der Waals surface area (Å²) in [7, 11) is 1.57. The Morgan fingerprint density at radius 3 is 3.00 bits per heavy atom. The highest BCUT2D eigenvalue weighted by molar-refractivity contribution is 5.76. The number of aryl methyl sites for hydroxylation is 1. The van der Waals surface area contributed by atoms with Crippen molar-refractivity contribution in [2.24, 2.45) is 5.92 Å². The van der Waals surface area contributed by atoms with Gasteiger partial charge < -0.3 is 15.0 Å². The zero-order valence-corrected chi connectivity index (χ0v) is 15.9. The molecule has 0 aliphatic carbocycles. The molecular formula is C19H28N6O2. The van der Waals surface area contributed by atoms with Crippen molar-refractivity contribution in [3.63, 3.8) is 0 Å². The summed E-state index contributed by atoms with van der Waals surface area (Å²) in [5.41, 5.74) is 0.658. The Hall–Kier alpha value is -2.22. The fourth-order valence-corrected chi connectivity index (χ4v) is 4.46. The first kappa shape index (κ1) is 18.2. The molecule has 1 N–H and O–H groups in total. The summed E-state index contributed by atoms with van der Waals surface area (Å²) in [6.07, 6.45) is 7.28. The van der Waals surface area contributed by atoms with Crippen molar-refractivity contribution in [2.75, 3.05) is 26.7 Å². The SMILES string of the molecule is COc1ccc2nnc(CCC(=O)NC[C@@H]3CCCN4CCCC[C@H]34)n2n1. The first-order valence-electron chi connectivity index (χ1n) is 10.0. The van der Waals surface area contributed by atoms with E-state index in [0.717, 1.165) is 6.54 Å². The summed E-state index contributed by atoms with van der Waals surface area (Å²) < 4.78 is 6.80. The molecule has 0 saturated carbocycles. The third-order valence-electron chi connectivity index (χ3n) is 5.88. The van der Waals surface area contributed by atoms with E-state index in [4.69, 9.17) is 4.74 Å². The molecule has 8 nitrogen and oxygen atoms in total. The van der Waals surface area contributed by atoms with Crippen LogP contribution in [-0.4, -0.2) is 63.4 Å². The number of methoxy groups -OCH3 is 1. The number of fused-ring (bicyclic) bond motifs is 2. The minimum Gasteiger partial charge on any atom is -0.480 e. The first-order chi connectivity index (χ1) is 13.2. The predicted octanol–water partition coefficient (Wildman–Crippen LogP) is 1.45. The predicted molar refractivity (Wildman–Crippen MR) is 101 cm³/mol. The molecule has 2 aliphatic heterocycles. The molecule has 2 aromatic rings. The van der Waals surface area contributed by atoms with Gasteiger partial charge in [0.1, 0.15) is 0 Å². The highest BCUT2D eigenvalue weighted by atomic mass is 16.5. The van der Waals surface area contributed by atoms with Gasteiger partial charge in [-0.1, -0.05) is 6.42 Å². The summed E-state index contributed by atoms with van der Waals surface area (Å²) in [4.78, 5) is 15.0. The molecule has 27 heavy (non-hydrogen) atoms. The van der Waals surface area contributed by atoms with Crippen molar-refractivity contribution >= 4 is 11.6 Å². The number of nitrogens with zero attached hydrogens (tertiary/aromatic N) is 5. The van der Waals surface area contributed by atoms with E-state index < -0.39 is 0 Å². The Labute approximate surface area is 159 Å². The quantitative estimate of drug-likeness (QED) is 0.826. The van der Waals surface area contributed by atoms with Crippen LogP contribution in [-0.2, 0) is 11.2 Å². The zero-order valence-electron chi connectivity index (χ0n) is 15.9. The number of ether oxygens (including phenoxy) is 1. The molecule has 8 heteroatoms. The summed E-state index contributed by atoms with van der Waals surface area (Å²) in [5, 5.41) is 15.7. The molecule has 2 aromatic heterocycles. The van der Waals surface area contributed by atoms with E-state index in [1.807, 2.05) is 0 Å². The molecule has 2 aliphatic rings. The molecular weight excluding hydrogens is 344 g/mol. The van der Waals surface area contributed by atoms with Crippen LogP contribution in [0.4, 0.5) is 0 Å². The summed E-state index contributed by atoms with van der Waals surface area (Å²) >= 11 is 0. The van der Waals surface area contributed by atoms with E-state index in [-0.39, 0.29) is 5.91 Å². The Morgan fingerprint density at radius 2 is 2.11 bits per heavy atom. The maximum absolute atomic E-state index is 12.4. The van der Waals surface area contributed by atoms with E-state index in [0.29, 0.717) is 42.2 Å². The highest BCUT2D eigenvalue weighted by Gasteiger charge is 2.32. The first-order valence-corrected chi connectivity index (χ1v) is 10.0. The monoisotopic (exact) mass is 372 g/mol. The summed E-state index contributed by atoms with van der Waals surface area (Å²) in [5.74, 6) is 1.84. The third-order valence-corrected chi connectivity index (χ3v) is 5.88. The smallest absolute Gasteiger partial charge is 0.231 e. The molecule has 0 aromatic carbocycles. The van der Waals surface area contributed by atoms with E-state index in [9.17, 15) is 4.79 Å². The number of aromatic nitrogens is 4. The van der Waals surface area contributed by atoms with Crippen molar-refractivity contribution in [3.8, 4) is 5.88 Å². The largest absolute Gasteiger partial charge is 0.480 e. The van der Waals surface area contributed by atoms with Gasteiger partial charge in [-0.3, -0.25) is 4.79 Å². The van der Waals surface area contributed by atoms with Crippen LogP contribution >= 0.6 is 0 Å². The number of carbonyl (C=O) groups is 1. The van der Waals surface area contributed by atoms with Crippen LogP contribution < -0.4 is 10.1 Å². The lowest BCUT2D eigenvalue weighted by Crippen LogP contribution is -2.51. The lowest BCUT2D eigenvalue weighted by molar-refractivity contribution is -0.121. The number of nitrogens with one attached hydrogen (secondary N) is 1. The molecule has 0 unspecified atom stereocenters. The fourth-order valence-electron chi connectivity index (χ4n) is 4.46. The standard InChI is InChI=1S/C19H28N6O2/c1-27-19-10-8-17-22-21-16(25(17)23-19)7-9-18(26)20-13-14-5-4-12-24-11-3-2-6-15(14)24/h8,10,14-15H,2-7,9,11-13H2,1H3,(H,20,26)/t14-,15+/m0/s1. The molecule has 2 atom stereocenters. The molecule has 2 saturated heterocycles. The molecule has 0 radical (unpaired) electrons. The Balaban J connectivity index is 1.30. The molecule has 0 spiro atoms. The summed E-state index contributed by atoms with van der Waals surface area (Å²) in [6.45, 7) is 3.24. The average molecular weight is 372 g/mol. The zero-order chi connectivity index (χ0) is 18.6. The fraction of sp³-hybridized carbons (Fsp3) is 0.684. The van der Waals surface area contributed by atoms with Crippen molar-refractivity contribution in [1.29, 1.82) is 0 Å². The van der Waals surface area contributed by atoms with E-state index >= 15 is 0 Å². The van der Waals surface area contributed by atoms with Crippen molar-refractivity contribution in [3.05, 3.63) is 18.0 Å². The van der Waals surface area contributed by atoms with Gasteiger partial charge in [-0.05, 0) is 50.8 Å². The van der Waals surface area contributed by atoms with E-state index in [1.54, 1.807) is 23.8 Å². The minimum absolute atomic E-state index is 0.0718. The molecule has 0 bridgehead atoms. The third kappa shape index (κ3) is 4.05. The highest BCUT2D eigenvalue weighted by Crippen LogP contribution is 2.30. The van der Waals surface area contributed by atoms with Crippen molar-refractivity contribution in [2.45, 2.75) is 51.0 Å². The molecule has 1 amide bonds. The van der Waals surface area contributed by atoms with Gasteiger partial charge in [0.25, 0.3) is 0 Å². The lowest BCUT2D eigenvalue weighted by atomic mass is 9.83. The van der Waals surface area contributed by atoms with Crippen molar-refractivity contribution < 1.29 is 9.53 Å². The molecule has 146 valence electrons. The second kappa shape index (κ2) is 8.21. The van der Waals surface area contributed by atoms with Crippen LogP contribution in [0.25, 0.3) is 5.65 Å². The Kier molecular flexibility index (Phi) is 5.52. The topological polar surface area (TPSA) is 84.6 Å². The number of hydrogen-bond donors (Lipinski definition) is 1. The van der Waals surface area contributed by atoms with Crippen LogP contribution in [0.15, 0.2) is 12.1 Å². The maximum atomic E-state index is 12.4. The Morgan fingerprint density at radius 1 is 1.22 bits per heavy atom. The van der Waals surface area contributed by atoms with E-state index in [2.05, 4.69) is 25.5 Å². The van der Waals surface area contributed by atoms with Gasteiger partial charge >= 0.3 is 0 Å². The van der Waals surface area contributed by atoms with Gasteiger partial charge in [0.05, 0.1) is 7.11 Å². The number of hydrogen-bond acceptors (Lipinski definition) is 6. The van der Waals surface area contributed by atoms with Gasteiger partial charge in [-0.25, -0.2) is 0 Å². The lowest BCUT2D eigenvalue weighted by Gasteiger charge is -2.44. The van der Waals surface area contributed by atoms with Gasteiger partial charge in [0, 0.05) is 31.5 Å². The minimum atomic E-state index is 0.0718. The van der Waals surface area contributed by atoms with E-state index in [1.165, 1.54) is 45.2 Å². The molecule has 2 fully saturated rings. The number of piperidine rings is 2. The van der Waals surface area contributed by atoms with Crippen LogP contribution in [0.1, 0.15) is 44.3 Å². The van der Waals surface area contributed by atoms with Crippen LogP contribution in [0.2, 0.25) is 0 Å².